The molecule has 0 aliphatic carbocycles. The molecule has 0 bridgehead atoms. The second kappa shape index (κ2) is 9.25. The summed E-state index contributed by atoms with van der Waals surface area (Å²) in [5.41, 5.74) is 0. The van der Waals surface area contributed by atoms with Crippen molar-refractivity contribution in [1.29, 1.82) is 0 Å². The van der Waals surface area contributed by atoms with Crippen molar-refractivity contribution in [2.75, 3.05) is 6.61 Å². The second-order valence-corrected chi connectivity index (χ2v) is 2.80. The molecule has 0 rings (SSSR count). The van der Waals surface area contributed by atoms with Gasteiger partial charge in [-0.05, 0) is 6.42 Å². The lowest BCUT2D eigenvalue weighted by molar-refractivity contribution is 0.335. The van der Waals surface area contributed by atoms with Gasteiger partial charge in [0.2, 0.25) is 0 Å². The predicted molar refractivity (Wildman–Crippen MR) is 45.2 cm³/mol. The summed E-state index contributed by atoms with van der Waals surface area (Å²) in [7, 11) is 0. The number of rotatable bonds is 7. The lowest BCUT2D eigenvalue weighted by atomic mass is 10.1. The van der Waals surface area contributed by atoms with Crippen molar-refractivity contribution in [3.63, 3.8) is 0 Å². The fourth-order valence-electron chi connectivity index (χ4n) is 0.937. The van der Waals surface area contributed by atoms with E-state index in [1.54, 1.807) is 0 Å². The maximum atomic E-state index is 5.04. The van der Waals surface area contributed by atoms with E-state index in [1.165, 1.54) is 32.1 Å². The summed E-state index contributed by atoms with van der Waals surface area (Å²) in [4.78, 5) is 0. The highest BCUT2D eigenvalue weighted by Crippen LogP contribution is 2.04. The second-order valence-electron chi connectivity index (χ2n) is 2.58. The van der Waals surface area contributed by atoms with Gasteiger partial charge in [0.1, 0.15) is 0 Å². The van der Waals surface area contributed by atoms with Crippen LogP contribution in [0.3, 0.4) is 0 Å². The molecule has 0 saturated heterocycles. The summed E-state index contributed by atoms with van der Waals surface area (Å²) in [6, 6.07) is 0. The van der Waals surface area contributed by atoms with Crippen LogP contribution in [-0.4, -0.2) is 6.61 Å². The first kappa shape index (κ1) is 10.2. The van der Waals surface area contributed by atoms with E-state index in [9.17, 15) is 0 Å². The summed E-state index contributed by atoms with van der Waals surface area (Å²) >= 11 is 5.04. The van der Waals surface area contributed by atoms with Crippen LogP contribution < -0.4 is 0 Å². The van der Waals surface area contributed by atoms with Gasteiger partial charge >= 0.3 is 0 Å². The molecule has 0 radical (unpaired) electrons. The van der Waals surface area contributed by atoms with Crippen LogP contribution in [0.2, 0.25) is 0 Å². The van der Waals surface area contributed by atoms with Gasteiger partial charge in [0.05, 0.1) is 18.5 Å². The van der Waals surface area contributed by atoms with Crippen LogP contribution in [0.4, 0.5) is 0 Å². The highest BCUT2D eigenvalue weighted by atomic mass is 35.5. The van der Waals surface area contributed by atoms with E-state index in [4.69, 9.17) is 11.9 Å². The fourth-order valence-corrected chi connectivity index (χ4v) is 1.05. The molecule has 0 N–H and O–H groups in total. The highest BCUT2D eigenvalue weighted by Gasteiger charge is 1.88. The molecule has 0 aromatic carbocycles. The van der Waals surface area contributed by atoms with E-state index < -0.39 is 0 Å². The van der Waals surface area contributed by atoms with Gasteiger partial charge in [-0.2, -0.15) is 0 Å². The molecule has 0 aliphatic rings. The first-order valence-electron chi connectivity index (χ1n) is 4.15. The van der Waals surface area contributed by atoms with Crippen molar-refractivity contribution >= 4 is 11.9 Å². The first-order valence-corrected chi connectivity index (χ1v) is 4.46. The molecule has 1 nitrogen and oxygen atoms in total. The average molecular weight is 165 g/mol. The predicted octanol–water partition coefficient (Wildman–Crippen LogP) is 3.52. The van der Waals surface area contributed by atoms with Gasteiger partial charge < -0.3 is 0 Å². The Morgan fingerprint density at radius 1 is 1.00 bits per heavy atom. The van der Waals surface area contributed by atoms with Crippen LogP contribution in [0, 0.1) is 0 Å². The Morgan fingerprint density at radius 2 is 1.60 bits per heavy atom. The summed E-state index contributed by atoms with van der Waals surface area (Å²) in [5, 5.41) is 0. The SMILES string of the molecule is CCCCCCCCOCl. The maximum absolute atomic E-state index is 5.04. The molecule has 10 heavy (non-hydrogen) atoms. The van der Waals surface area contributed by atoms with E-state index in [2.05, 4.69) is 11.2 Å². The number of hydrogen-bond acceptors (Lipinski definition) is 1. The topological polar surface area (TPSA) is 9.23 Å². The lowest BCUT2D eigenvalue weighted by Gasteiger charge is -1.97. The van der Waals surface area contributed by atoms with Gasteiger partial charge in [0.25, 0.3) is 0 Å². The van der Waals surface area contributed by atoms with Crippen molar-refractivity contribution in [3.8, 4) is 0 Å². The van der Waals surface area contributed by atoms with Gasteiger partial charge in [-0.3, -0.25) is 4.29 Å². The summed E-state index contributed by atoms with van der Waals surface area (Å²) in [6.45, 7) is 2.93. The maximum Gasteiger partial charge on any atom is 0.0682 e. The molecule has 0 saturated carbocycles. The lowest BCUT2D eigenvalue weighted by Crippen LogP contribution is -1.84. The average Bonchev–Trinajstić information content (AvgIpc) is 1.97. The summed E-state index contributed by atoms with van der Waals surface area (Å²) in [5.74, 6) is 0. The zero-order valence-corrected chi connectivity index (χ0v) is 7.49. The minimum absolute atomic E-state index is 0.702. The van der Waals surface area contributed by atoms with Crippen molar-refractivity contribution in [2.45, 2.75) is 45.4 Å². The van der Waals surface area contributed by atoms with Gasteiger partial charge in [-0.1, -0.05) is 39.0 Å². The Kier molecular flexibility index (Phi) is 9.48. The molecule has 0 atom stereocenters. The third kappa shape index (κ3) is 8.25. The van der Waals surface area contributed by atoms with Gasteiger partial charge in [-0.25, -0.2) is 0 Å². The molecule has 0 spiro atoms. The van der Waals surface area contributed by atoms with Crippen molar-refractivity contribution in [2.24, 2.45) is 0 Å². The van der Waals surface area contributed by atoms with Crippen LogP contribution >= 0.6 is 11.9 Å². The van der Waals surface area contributed by atoms with Crippen LogP contribution in [0.25, 0.3) is 0 Å². The van der Waals surface area contributed by atoms with Gasteiger partial charge in [0, 0.05) is 0 Å². The van der Waals surface area contributed by atoms with E-state index in [0.29, 0.717) is 6.61 Å². The molecule has 0 heterocycles. The normalized spacial score (nSPS) is 10.2. The molecular formula is C8H17ClO. The molecule has 0 amide bonds. The number of unbranched alkanes of at least 4 members (excludes halogenated alkanes) is 5. The van der Waals surface area contributed by atoms with Gasteiger partial charge in [-0.15, -0.1) is 0 Å². The van der Waals surface area contributed by atoms with E-state index in [1.807, 2.05) is 0 Å². The first-order chi connectivity index (χ1) is 4.91. The monoisotopic (exact) mass is 164 g/mol. The molecule has 62 valence electrons. The Hall–Kier alpha value is 0.250. The van der Waals surface area contributed by atoms with Crippen LogP contribution in [0.1, 0.15) is 45.4 Å². The minimum Gasteiger partial charge on any atom is -0.279 e. The zero-order chi connectivity index (χ0) is 7.66. The molecule has 0 unspecified atom stereocenters. The van der Waals surface area contributed by atoms with Crippen molar-refractivity contribution < 1.29 is 4.29 Å². The minimum atomic E-state index is 0.702. The number of hydrogen-bond donors (Lipinski definition) is 0. The molecule has 0 aromatic rings. The van der Waals surface area contributed by atoms with Crippen LogP contribution in [0.5, 0.6) is 0 Å². The van der Waals surface area contributed by atoms with E-state index in [-0.39, 0.29) is 0 Å². The number of halogens is 1. The van der Waals surface area contributed by atoms with Crippen LogP contribution in [-0.2, 0) is 4.29 Å². The molecular weight excluding hydrogens is 148 g/mol. The van der Waals surface area contributed by atoms with Crippen molar-refractivity contribution in [1.82, 2.24) is 0 Å². The largest absolute Gasteiger partial charge is 0.279 e. The Bertz CT molecular complexity index is 49.2. The highest BCUT2D eigenvalue weighted by molar-refractivity contribution is 6.07. The third-order valence-electron chi connectivity index (χ3n) is 1.58. The Morgan fingerprint density at radius 3 is 2.20 bits per heavy atom. The Balaban J connectivity index is 2.65. The fraction of sp³-hybridized carbons (Fsp3) is 1.00. The van der Waals surface area contributed by atoms with E-state index in [0.717, 1.165) is 6.42 Å². The third-order valence-corrected chi connectivity index (χ3v) is 1.73. The van der Waals surface area contributed by atoms with E-state index >= 15 is 0 Å². The van der Waals surface area contributed by atoms with Crippen molar-refractivity contribution in [3.05, 3.63) is 0 Å². The molecule has 0 fully saturated rings. The Labute approximate surface area is 68.9 Å². The quantitative estimate of drug-likeness (QED) is 0.524. The summed E-state index contributed by atoms with van der Waals surface area (Å²) < 4.78 is 4.42. The van der Waals surface area contributed by atoms with Gasteiger partial charge in [0.15, 0.2) is 0 Å². The standard InChI is InChI=1S/C8H17ClO/c1-2-3-4-5-6-7-8-10-9/h2-8H2,1H3. The summed E-state index contributed by atoms with van der Waals surface area (Å²) in [6.07, 6.45) is 7.72. The molecule has 0 aromatic heterocycles. The molecule has 0 aliphatic heterocycles. The van der Waals surface area contributed by atoms with Crippen LogP contribution in [0.15, 0.2) is 0 Å². The zero-order valence-electron chi connectivity index (χ0n) is 6.74. The smallest absolute Gasteiger partial charge is 0.0682 e. The molecule has 2 heteroatoms.